The number of hydrogen-bond donors (Lipinski definition) is 2. The Morgan fingerprint density at radius 2 is 1.65 bits per heavy atom. The summed E-state index contributed by atoms with van der Waals surface area (Å²) < 4.78 is 15.7. The summed E-state index contributed by atoms with van der Waals surface area (Å²) in [6.45, 7) is -0.170. The van der Waals surface area contributed by atoms with Gasteiger partial charge in [-0.2, -0.15) is 0 Å². The van der Waals surface area contributed by atoms with Crippen molar-refractivity contribution in [3.63, 3.8) is 0 Å². The highest BCUT2D eigenvalue weighted by Gasteiger charge is 2.15. The molecule has 2 amide bonds. The van der Waals surface area contributed by atoms with Crippen molar-refractivity contribution in [1.29, 1.82) is 0 Å². The van der Waals surface area contributed by atoms with Crippen LogP contribution in [0.5, 0.6) is 17.2 Å². The van der Waals surface area contributed by atoms with Crippen molar-refractivity contribution in [1.82, 2.24) is 5.32 Å². The van der Waals surface area contributed by atoms with Crippen molar-refractivity contribution >= 4 is 29.1 Å². The van der Waals surface area contributed by atoms with Crippen LogP contribution in [0, 0.1) is 0 Å². The maximum absolute atomic E-state index is 12.1. The van der Waals surface area contributed by atoms with Gasteiger partial charge in [0.15, 0.2) is 17.3 Å². The van der Waals surface area contributed by atoms with E-state index in [9.17, 15) is 9.59 Å². The van der Waals surface area contributed by atoms with E-state index < -0.39 is 6.03 Å². The third-order valence-corrected chi connectivity index (χ3v) is 3.71. The molecular weight excluding hydrogens is 360 g/mol. The molecule has 0 fully saturated rings. The van der Waals surface area contributed by atoms with Crippen molar-refractivity contribution in [2.45, 2.75) is 0 Å². The third-order valence-electron chi connectivity index (χ3n) is 3.48. The van der Waals surface area contributed by atoms with Gasteiger partial charge in [0.2, 0.25) is 5.75 Å². The second-order valence-electron chi connectivity index (χ2n) is 5.16. The first kappa shape index (κ1) is 19.4. The minimum atomic E-state index is -0.547. The molecule has 0 spiro atoms. The largest absolute Gasteiger partial charge is 0.493 e. The van der Waals surface area contributed by atoms with Crippen molar-refractivity contribution in [3.8, 4) is 17.2 Å². The number of hydrogen-bond acceptors (Lipinski definition) is 5. The lowest BCUT2D eigenvalue weighted by Crippen LogP contribution is -2.33. The molecule has 0 aliphatic rings. The van der Waals surface area contributed by atoms with Gasteiger partial charge in [0.1, 0.15) is 0 Å². The maximum atomic E-state index is 12.1. The zero-order valence-corrected chi connectivity index (χ0v) is 15.3. The van der Waals surface area contributed by atoms with Crippen LogP contribution < -0.4 is 24.8 Å². The van der Waals surface area contributed by atoms with Crippen molar-refractivity contribution in [3.05, 3.63) is 47.0 Å². The van der Waals surface area contributed by atoms with Crippen LogP contribution >= 0.6 is 11.6 Å². The van der Waals surface area contributed by atoms with Gasteiger partial charge in [0.25, 0.3) is 0 Å². The smallest absolute Gasteiger partial charge is 0.319 e. The summed E-state index contributed by atoms with van der Waals surface area (Å²) in [6.07, 6.45) is 0. The molecule has 2 N–H and O–H groups in total. The molecule has 0 unspecified atom stereocenters. The number of carbonyl (C=O) groups is 2. The highest BCUT2D eigenvalue weighted by molar-refractivity contribution is 6.31. The van der Waals surface area contributed by atoms with Crippen LogP contribution in [-0.2, 0) is 0 Å². The summed E-state index contributed by atoms with van der Waals surface area (Å²) in [4.78, 5) is 24.1. The van der Waals surface area contributed by atoms with E-state index in [0.29, 0.717) is 33.5 Å². The Labute approximate surface area is 156 Å². The van der Waals surface area contributed by atoms with E-state index in [-0.39, 0.29) is 12.3 Å². The summed E-state index contributed by atoms with van der Waals surface area (Å²) in [5.41, 5.74) is 0.845. The number of halogens is 1. The second kappa shape index (κ2) is 8.96. The number of ether oxygens (including phenoxy) is 3. The lowest BCUT2D eigenvalue weighted by atomic mass is 10.1. The van der Waals surface area contributed by atoms with E-state index in [1.807, 2.05) is 0 Å². The molecule has 0 heterocycles. The van der Waals surface area contributed by atoms with Gasteiger partial charge in [-0.25, -0.2) is 4.79 Å². The second-order valence-corrected chi connectivity index (χ2v) is 5.59. The van der Waals surface area contributed by atoms with Crippen molar-refractivity contribution in [2.75, 3.05) is 33.2 Å². The molecular formula is C18H19ClN2O5. The summed E-state index contributed by atoms with van der Waals surface area (Å²) in [6, 6.07) is 9.14. The van der Waals surface area contributed by atoms with Gasteiger partial charge in [0.05, 0.1) is 33.6 Å². The number of nitrogens with one attached hydrogen (secondary N) is 2. The fourth-order valence-corrected chi connectivity index (χ4v) is 2.44. The van der Waals surface area contributed by atoms with E-state index in [2.05, 4.69) is 10.6 Å². The number of carbonyl (C=O) groups excluding carboxylic acids is 2. The number of ketones is 1. The van der Waals surface area contributed by atoms with Crippen LogP contribution in [0.1, 0.15) is 10.4 Å². The average molecular weight is 379 g/mol. The molecule has 0 bridgehead atoms. The number of methoxy groups -OCH3 is 3. The number of urea groups is 1. The highest BCUT2D eigenvalue weighted by Crippen LogP contribution is 2.39. The van der Waals surface area contributed by atoms with Crippen molar-refractivity contribution < 1.29 is 23.8 Å². The lowest BCUT2D eigenvalue weighted by Gasteiger charge is -2.14. The Hall–Kier alpha value is -2.93. The predicted molar refractivity (Wildman–Crippen MR) is 98.9 cm³/mol. The third kappa shape index (κ3) is 4.80. The van der Waals surface area contributed by atoms with Gasteiger partial charge >= 0.3 is 6.03 Å². The minimum Gasteiger partial charge on any atom is -0.493 e. The fourth-order valence-electron chi connectivity index (χ4n) is 2.25. The molecule has 2 rings (SSSR count). The number of rotatable bonds is 7. The quantitative estimate of drug-likeness (QED) is 0.721. The first-order valence-corrected chi connectivity index (χ1v) is 8.00. The molecule has 26 heavy (non-hydrogen) atoms. The van der Waals surface area contributed by atoms with Crippen LogP contribution in [0.2, 0.25) is 5.02 Å². The SMILES string of the molecule is COc1cc(NC(=O)NCC(=O)c2cccc(Cl)c2)cc(OC)c1OC. The topological polar surface area (TPSA) is 85.9 Å². The fraction of sp³-hybridized carbons (Fsp3) is 0.222. The summed E-state index contributed by atoms with van der Waals surface area (Å²) >= 11 is 5.85. The molecule has 8 heteroatoms. The molecule has 0 radical (unpaired) electrons. The summed E-state index contributed by atoms with van der Waals surface area (Å²) in [7, 11) is 4.44. The van der Waals surface area contributed by atoms with Crippen LogP contribution in [0.4, 0.5) is 10.5 Å². The summed E-state index contributed by atoms with van der Waals surface area (Å²) in [5.74, 6) is 0.957. The number of anilines is 1. The van der Waals surface area contributed by atoms with Gasteiger partial charge in [-0.3, -0.25) is 4.79 Å². The molecule has 0 saturated heterocycles. The van der Waals surface area contributed by atoms with E-state index in [1.165, 1.54) is 21.3 Å². The minimum absolute atomic E-state index is 0.170. The average Bonchev–Trinajstić information content (AvgIpc) is 2.65. The maximum Gasteiger partial charge on any atom is 0.319 e. The number of benzene rings is 2. The molecule has 2 aromatic rings. The Morgan fingerprint density at radius 1 is 1.00 bits per heavy atom. The monoisotopic (exact) mass is 378 g/mol. The standard InChI is InChI=1S/C18H19ClN2O5/c1-24-15-8-13(9-16(25-2)17(15)26-3)21-18(23)20-10-14(22)11-5-4-6-12(19)7-11/h4-9H,10H2,1-3H3,(H2,20,21,23). The molecule has 138 valence electrons. The molecule has 0 saturated carbocycles. The molecule has 7 nitrogen and oxygen atoms in total. The van der Waals surface area contributed by atoms with Crippen molar-refractivity contribution in [2.24, 2.45) is 0 Å². The molecule has 0 aromatic heterocycles. The Balaban J connectivity index is 2.02. The molecule has 0 aliphatic carbocycles. The summed E-state index contributed by atoms with van der Waals surface area (Å²) in [5, 5.41) is 5.57. The normalized spacial score (nSPS) is 10.0. The lowest BCUT2D eigenvalue weighted by molar-refractivity contribution is 0.0993. The van der Waals surface area contributed by atoms with Crippen LogP contribution in [0.3, 0.4) is 0 Å². The van der Waals surface area contributed by atoms with Crippen LogP contribution in [0.15, 0.2) is 36.4 Å². The van der Waals surface area contributed by atoms with Crippen LogP contribution in [0.25, 0.3) is 0 Å². The Bertz CT molecular complexity index is 785. The molecule has 0 aliphatic heterocycles. The number of amides is 2. The Morgan fingerprint density at radius 3 is 2.19 bits per heavy atom. The van der Waals surface area contributed by atoms with Crippen LogP contribution in [-0.4, -0.2) is 39.7 Å². The van der Waals surface area contributed by atoms with E-state index >= 15 is 0 Å². The van der Waals surface area contributed by atoms with Gasteiger partial charge in [-0.05, 0) is 12.1 Å². The number of Topliss-reactive ketones (excluding diaryl/α,β-unsaturated/α-hetero) is 1. The first-order valence-electron chi connectivity index (χ1n) is 7.62. The van der Waals surface area contributed by atoms with E-state index in [1.54, 1.807) is 36.4 Å². The first-order chi connectivity index (χ1) is 12.5. The van der Waals surface area contributed by atoms with Gasteiger partial charge in [-0.1, -0.05) is 23.7 Å². The Kier molecular flexibility index (Phi) is 6.68. The van der Waals surface area contributed by atoms with Gasteiger partial charge in [-0.15, -0.1) is 0 Å². The zero-order valence-electron chi connectivity index (χ0n) is 14.6. The predicted octanol–water partition coefficient (Wildman–Crippen LogP) is 3.37. The highest BCUT2D eigenvalue weighted by atomic mass is 35.5. The van der Waals surface area contributed by atoms with Gasteiger partial charge < -0.3 is 24.8 Å². The van der Waals surface area contributed by atoms with E-state index in [4.69, 9.17) is 25.8 Å². The molecule has 0 atom stereocenters. The van der Waals surface area contributed by atoms with E-state index in [0.717, 1.165) is 0 Å². The zero-order chi connectivity index (χ0) is 19.1. The molecule has 2 aromatic carbocycles. The van der Waals surface area contributed by atoms with Gasteiger partial charge in [0, 0.05) is 22.7 Å².